The van der Waals surface area contributed by atoms with Crippen molar-refractivity contribution in [3.8, 4) is 5.75 Å². The Balaban J connectivity index is 1.95. The molecule has 0 aliphatic carbocycles. The first-order chi connectivity index (χ1) is 10.4. The Bertz CT molecular complexity index is 603. The number of hydrogen-bond donors (Lipinski definition) is 0. The summed E-state index contributed by atoms with van der Waals surface area (Å²) in [6.07, 6.45) is 1.39. The van der Waals surface area contributed by atoms with Crippen LogP contribution < -0.4 is 4.74 Å². The number of rotatable bonds is 6. The summed E-state index contributed by atoms with van der Waals surface area (Å²) in [6, 6.07) is 17.1. The summed E-state index contributed by atoms with van der Waals surface area (Å²) in [5.41, 5.74) is 1.86. The number of hydrogen-bond acceptors (Lipinski definition) is 2. The maximum absolute atomic E-state index is 12.7. The van der Waals surface area contributed by atoms with Gasteiger partial charge in [0.1, 0.15) is 18.4 Å². The van der Waals surface area contributed by atoms with Crippen molar-refractivity contribution in [1.82, 2.24) is 0 Å². The molecule has 0 aliphatic rings. The van der Waals surface area contributed by atoms with Crippen molar-refractivity contribution in [2.45, 2.75) is 25.9 Å². The fraction of sp³-hybridized carbons (Fsp3) is 0.278. The van der Waals surface area contributed by atoms with E-state index in [-0.39, 0.29) is 6.10 Å². The van der Waals surface area contributed by atoms with Crippen LogP contribution in [0, 0.1) is 0 Å². The van der Waals surface area contributed by atoms with Gasteiger partial charge in [0.15, 0.2) is 0 Å². The number of ether oxygens (including phenoxy) is 1. The average Bonchev–Trinajstić information content (AvgIpc) is 2.49. The third-order valence-corrected chi connectivity index (χ3v) is 3.07. The lowest BCUT2D eigenvalue weighted by atomic mass is 10.1. The predicted octanol–water partition coefficient (Wildman–Crippen LogP) is 4.90. The van der Waals surface area contributed by atoms with Crippen molar-refractivity contribution in [3.63, 3.8) is 0 Å². The lowest BCUT2D eigenvalue weighted by Gasteiger charge is -2.15. The Morgan fingerprint density at radius 1 is 1.09 bits per heavy atom. The van der Waals surface area contributed by atoms with Crippen molar-refractivity contribution in [2.24, 2.45) is 4.99 Å². The van der Waals surface area contributed by atoms with Gasteiger partial charge in [-0.25, -0.2) is 8.78 Å². The molecular weight excluding hydrogens is 284 g/mol. The summed E-state index contributed by atoms with van der Waals surface area (Å²) in [7, 11) is 0. The topological polar surface area (TPSA) is 21.6 Å². The molecule has 116 valence electrons. The number of aliphatic imine (C=N–C) groups is 1. The number of nitrogens with zero attached hydrogens (tertiary/aromatic N) is 1. The van der Waals surface area contributed by atoms with Crippen LogP contribution in [-0.4, -0.2) is 18.7 Å². The normalized spacial score (nSPS) is 13.3. The van der Waals surface area contributed by atoms with Crippen LogP contribution >= 0.6 is 0 Å². The molecule has 0 heterocycles. The molecule has 0 bridgehead atoms. The van der Waals surface area contributed by atoms with Gasteiger partial charge in [0.05, 0.1) is 0 Å². The van der Waals surface area contributed by atoms with Crippen LogP contribution in [0.15, 0.2) is 59.6 Å². The molecule has 0 spiro atoms. The van der Waals surface area contributed by atoms with E-state index in [1.54, 1.807) is 12.1 Å². The van der Waals surface area contributed by atoms with Gasteiger partial charge in [-0.3, -0.25) is 4.99 Å². The molecule has 2 aromatic rings. The van der Waals surface area contributed by atoms with Gasteiger partial charge in [0, 0.05) is 13.1 Å². The smallest absolute Gasteiger partial charge is 0.264 e. The highest BCUT2D eigenvalue weighted by molar-refractivity contribution is 5.79. The van der Waals surface area contributed by atoms with E-state index in [0.717, 1.165) is 23.8 Å². The second-order valence-electron chi connectivity index (χ2n) is 5.28. The zero-order valence-corrected chi connectivity index (χ0v) is 12.7. The van der Waals surface area contributed by atoms with Gasteiger partial charge in [0.2, 0.25) is 0 Å². The molecule has 0 fully saturated rings. The monoisotopic (exact) mass is 303 g/mol. The van der Waals surface area contributed by atoms with Crippen molar-refractivity contribution in [1.29, 1.82) is 0 Å². The minimum atomic E-state index is -2.77. The molecule has 1 atom stereocenters. The molecule has 0 unspecified atom stereocenters. The zero-order valence-electron chi connectivity index (χ0n) is 12.7. The van der Waals surface area contributed by atoms with Crippen molar-refractivity contribution < 1.29 is 13.5 Å². The van der Waals surface area contributed by atoms with E-state index < -0.39 is 12.5 Å². The standard InChI is InChI=1S/C18H19F2NO/c1-14(16-6-4-3-5-7-16)22-17-10-8-15(9-11-17)12-21-13-18(2,19)20/h3-12,14H,13H2,1-2H3/t14-/m1/s1. The molecule has 2 rings (SSSR count). The summed E-state index contributed by atoms with van der Waals surface area (Å²) < 4.78 is 31.2. The first-order valence-corrected chi connectivity index (χ1v) is 7.13. The Morgan fingerprint density at radius 3 is 2.32 bits per heavy atom. The second-order valence-corrected chi connectivity index (χ2v) is 5.28. The Morgan fingerprint density at radius 2 is 1.73 bits per heavy atom. The third kappa shape index (κ3) is 5.28. The van der Waals surface area contributed by atoms with E-state index in [4.69, 9.17) is 4.74 Å². The third-order valence-electron chi connectivity index (χ3n) is 3.07. The summed E-state index contributed by atoms with van der Waals surface area (Å²) in [6.45, 7) is 2.33. The SMILES string of the molecule is C[C@@H](Oc1ccc(C=NCC(C)(F)F)cc1)c1ccccc1. The molecule has 4 heteroatoms. The van der Waals surface area contributed by atoms with Crippen molar-refractivity contribution >= 4 is 6.21 Å². The average molecular weight is 303 g/mol. The van der Waals surface area contributed by atoms with Crippen LogP contribution in [0.1, 0.15) is 31.1 Å². The molecular formula is C18H19F2NO. The van der Waals surface area contributed by atoms with Gasteiger partial charge in [-0.05, 0) is 42.3 Å². The minimum absolute atomic E-state index is 0.0560. The van der Waals surface area contributed by atoms with Crippen LogP contribution in [0.3, 0.4) is 0 Å². The summed E-state index contributed by atoms with van der Waals surface area (Å²) in [5.74, 6) is -2.04. The molecule has 0 N–H and O–H groups in total. The molecule has 0 aromatic heterocycles. The highest BCUT2D eigenvalue weighted by Crippen LogP contribution is 2.21. The second kappa shape index (κ2) is 7.16. The Labute approximate surface area is 129 Å². The van der Waals surface area contributed by atoms with E-state index in [9.17, 15) is 8.78 Å². The van der Waals surface area contributed by atoms with Gasteiger partial charge in [-0.2, -0.15) is 0 Å². The van der Waals surface area contributed by atoms with Crippen molar-refractivity contribution in [2.75, 3.05) is 6.54 Å². The van der Waals surface area contributed by atoms with E-state index in [2.05, 4.69) is 4.99 Å². The molecule has 22 heavy (non-hydrogen) atoms. The van der Waals surface area contributed by atoms with Crippen LogP contribution in [0.25, 0.3) is 0 Å². The fourth-order valence-electron chi connectivity index (χ4n) is 1.94. The van der Waals surface area contributed by atoms with Crippen LogP contribution in [-0.2, 0) is 0 Å². The van der Waals surface area contributed by atoms with E-state index in [1.165, 1.54) is 6.21 Å². The minimum Gasteiger partial charge on any atom is -0.486 e. The number of halogens is 2. The quantitative estimate of drug-likeness (QED) is 0.695. The van der Waals surface area contributed by atoms with Gasteiger partial charge < -0.3 is 4.74 Å². The van der Waals surface area contributed by atoms with Gasteiger partial charge >= 0.3 is 0 Å². The molecule has 0 saturated heterocycles. The van der Waals surface area contributed by atoms with Gasteiger partial charge in [0.25, 0.3) is 5.92 Å². The maximum atomic E-state index is 12.7. The molecule has 0 radical (unpaired) electrons. The first kappa shape index (κ1) is 16.1. The number of benzene rings is 2. The van der Waals surface area contributed by atoms with Gasteiger partial charge in [-0.1, -0.05) is 30.3 Å². The van der Waals surface area contributed by atoms with E-state index in [0.29, 0.717) is 0 Å². The van der Waals surface area contributed by atoms with Crippen LogP contribution in [0.2, 0.25) is 0 Å². The highest BCUT2D eigenvalue weighted by Gasteiger charge is 2.19. The molecule has 0 aliphatic heterocycles. The van der Waals surface area contributed by atoms with Gasteiger partial charge in [-0.15, -0.1) is 0 Å². The van der Waals surface area contributed by atoms with E-state index >= 15 is 0 Å². The first-order valence-electron chi connectivity index (χ1n) is 7.13. The van der Waals surface area contributed by atoms with Crippen LogP contribution in [0.4, 0.5) is 8.78 Å². The largest absolute Gasteiger partial charge is 0.486 e. The summed E-state index contributed by atoms with van der Waals surface area (Å²) in [4.78, 5) is 3.74. The fourth-order valence-corrected chi connectivity index (χ4v) is 1.94. The summed E-state index contributed by atoms with van der Waals surface area (Å²) >= 11 is 0. The molecule has 0 amide bonds. The molecule has 0 saturated carbocycles. The van der Waals surface area contributed by atoms with Crippen molar-refractivity contribution in [3.05, 3.63) is 65.7 Å². The highest BCUT2D eigenvalue weighted by atomic mass is 19.3. The maximum Gasteiger partial charge on any atom is 0.264 e. The summed E-state index contributed by atoms with van der Waals surface area (Å²) in [5, 5.41) is 0. The predicted molar refractivity (Wildman–Crippen MR) is 85.0 cm³/mol. The Kier molecular flexibility index (Phi) is 5.26. The molecule has 2 nitrogen and oxygen atoms in total. The van der Waals surface area contributed by atoms with Crippen LogP contribution in [0.5, 0.6) is 5.75 Å². The molecule has 2 aromatic carbocycles. The Hall–Kier alpha value is -2.23. The van der Waals surface area contributed by atoms with E-state index in [1.807, 2.05) is 49.4 Å². The number of alkyl halides is 2. The lowest BCUT2D eigenvalue weighted by Crippen LogP contribution is -2.13. The lowest BCUT2D eigenvalue weighted by molar-refractivity contribution is 0.0328. The zero-order chi connectivity index (χ0) is 16.0.